The molecule has 0 radical (unpaired) electrons. The van der Waals surface area contributed by atoms with E-state index >= 15 is 0 Å². The molecule has 0 saturated carbocycles. The van der Waals surface area contributed by atoms with Crippen LogP contribution in [-0.4, -0.2) is 4.98 Å². The van der Waals surface area contributed by atoms with Gasteiger partial charge in [0, 0.05) is 17.6 Å². The van der Waals surface area contributed by atoms with Crippen LogP contribution in [0.3, 0.4) is 0 Å². The van der Waals surface area contributed by atoms with E-state index in [4.69, 9.17) is 0 Å². The lowest BCUT2D eigenvalue weighted by atomic mass is 10.3. The lowest BCUT2D eigenvalue weighted by molar-refractivity contribution is 1.09. The molecule has 0 amide bonds. The van der Waals surface area contributed by atoms with Crippen molar-refractivity contribution in [2.45, 2.75) is 0 Å². The van der Waals surface area contributed by atoms with Crippen LogP contribution in [0.2, 0.25) is 0 Å². The first kappa shape index (κ1) is 3.78. The van der Waals surface area contributed by atoms with Crippen molar-refractivity contribution in [2.24, 2.45) is 4.99 Å². The van der Waals surface area contributed by atoms with Gasteiger partial charge in [-0.3, -0.25) is 0 Å². The molecule has 2 rings (SSSR count). The molecule has 1 aromatic heterocycles. The Kier molecular flexibility index (Phi) is 0.545. The van der Waals surface area contributed by atoms with Gasteiger partial charge >= 0.3 is 0 Å². The van der Waals surface area contributed by atoms with Crippen LogP contribution in [0, 0.1) is 0 Å². The second kappa shape index (κ2) is 1.15. The summed E-state index contributed by atoms with van der Waals surface area (Å²) in [6, 6.07) is 3.90. The second-order valence-corrected chi connectivity index (χ2v) is 1.67. The van der Waals surface area contributed by atoms with Crippen LogP contribution in [0.1, 0.15) is 0 Å². The topological polar surface area (TPSA) is 25.2 Å². The third-order valence-electron chi connectivity index (χ3n) is 1.14. The quantitative estimate of drug-likeness (QED) is 0.433. The number of aromatic nitrogens is 1. The summed E-state index contributed by atoms with van der Waals surface area (Å²) in [6.07, 6.45) is 3.55. The molecule has 0 saturated heterocycles. The Morgan fingerprint density at radius 3 is 2.75 bits per heavy atom. The predicted molar refractivity (Wildman–Crippen MR) is 29.5 cm³/mol. The van der Waals surface area contributed by atoms with Gasteiger partial charge in [-0.15, -0.1) is 0 Å². The number of rotatable bonds is 0. The van der Waals surface area contributed by atoms with Gasteiger partial charge in [0.05, 0.1) is 0 Å². The fourth-order valence-corrected chi connectivity index (χ4v) is 0.683. The van der Waals surface area contributed by atoms with Crippen molar-refractivity contribution in [1.29, 1.82) is 0 Å². The normalized spacial score (nSPS) is 12.5. The molecule has 0 N–H and O–H groups in total. The van der Waals surface area contributed by atoms with Crippen molar-refractivity contribution in [3.63, 3.8) is 0 Å². The summed E-state index contributed by atoms with van der Waals surface area (Å²) in [5.41, 5.74) is 0.868. The molecule has 2 heterocycles. The molecular weight excluding hydrogens is 100 g/mol. The SMILES string of the molecule is C1=c2cccnc2=N1. The third-order valence-corrected chi connectivity index (χ3v) is 1.14. The van der Waals surface area contributed by atoms with Crippen molar-refractivity contribution in [3.05, 3.63) is 29.0 Å². The molecule has 38 valence electrons. The van der Waals surface area contributed by atoms with Crippen LogP contribution in [0.15, 0.2) is 23.3 Å². The zero-order valence-electron chi connectivity index (χ0n) is 4.20. The van der Waals surface area contributed by atoms with Crippen molar-refractivity contribution >= 4 is 6.20 Å². The van der Waals surface area contributed by atoms with Crippen molar-refractivity contribution in [1.82, 2.24) is 4.98 Å². The van der Waals surface area contributed by atoms with Crippen molar-refractivity contribution < 1.29 is 0 Å². The molecule has 0 fully saturated rings. The monoisotopic (exact) mass is 104 g/mol. The summed E-state index contributed by atoms with van der Waals surface area (Å²) in [4.78, 5) is 7.86. The van der Waals surface area contributed by atoms with Gasteiger partial charge in [0.2, 0.25) is 0 Å². The lowest BCUT2D eigenvalue weighted by Gasteiger charge is -1.91. The summed E-state index contributed by atoms with van der Waals surface area (Å²) in [6.45, 7) is 0. The third kappa shape index (κ3) is 0.320. The van der Waals surface area contributed by atoms with Gasteiger partial charge in [-0.1, -0.05) is 0 Å². The smallest absolute Gasteiger partial charge is 0.160 e. The summed E-state index contributed by atoms with van der Waals surface area (Å²) in [5.74, 6) is 0. The maximum atomic E-state index is 3.97. The Bertz CT molecular complexity index is 281. The Morgan fingerprint density at radius 2 is 2.38 bits per heavy atom. The first-order valence-corrected chi connectivity index (χ1v) is 2.46. The van der Waals surface area contributed by atoms with E-state index in [1.807, 2.05) is 18.3 Å². The summed E-state index contributed by atoms with van der Waals surface area (Å²) in [5, 5.41) is 1.15. The van der Waals surface area contributed by atoms with Crippen molar-refractivity contribution in [2.75, 3.05) is 0 Å². The van der Waals surface area contributed by atoms with E-state index in [-0.39, 0.29) is 0 Å². The van der Waals surface area contributed by atoms with E-state index in [0.717, 1.165) is 10.7 Å². The fraction of sp³-hybridized carbons (Fsp3) is 0. The number of pyridine rings is 1. The van der Waals surface area contributed by atoms with Gasteiger partial charge in [0.1, 0.15) is 0 Å². The molecule has 0 spiro atoms. The molecule has 1 aromatic rings. The van der Waals surface area contributed by atoms with E-state index in [9.17, 15) is 0 Å². The van der Waals surface area contributed by atoms with Crippen LogP contribution in [0.25, 0.3) is 6.20 Å². The number of hydrogen-bond acceptors (Lipinski definition) is 2. The maximum Gasteiger partial charge on any atom is 0.160 e. The number of nitrogens with zero attached hydrogens (tertiary/aromatic N) is 2. The first-order chi connectivity index (χ1) is 3.97. The minimum Gasteiger partial charge on any atom is -0.237 e. The summed E-state index contributed by atoms with van der Waals surface area (Å²) >= 11 is 0. The summed E-state index contributed by atoms with van der Waals surface area (Å²) in [7, 11) is 0. The summed E-state index contributed by atoms with van der Waals surface area (Å²) < 4.78 is 0. The van der Waals surface area contributed by atoms with E-state index in [1.54, 1.807) is 6.20 Å². The Balaban J connectivity index is 3.01. The molecule has 8 heavy (non-hydrogen) atoms. The highest BCUT2D eigenvalue weighted by atomic mass is 14.8. The van der Waals surface area contributed by atoms with Crippen LogP contribution >= 0.6 is 0 Å². The van der Waals surface area contributed by atoms with Gasteiger partial charge in [-0.2, -0.15) is 0 Å². The average Bonchev–Trinajstić information content (AvgIpc) is 1.72. The molecule has 1 aliphatic rings. The molecule has 2 heteroatoms. The molecule has 1 aliphatic heterocycles. The lowest BCUT2D eigenvalue weighted by Crippen LogP contribution is -2.32. The minimum atomic E-state index is 0.868. The molecular formula is C6H4N2. The fourth-order valence-electron chi connectivity index (χ4n) is 0.683. The molecule has 2 nitrogen and oxygen atoms in total. The van der Waals surface area contributed by atoms with Gasteiger partial charge in [-0.25, -0.2) is 9.98 Å². The van der Waals surface area contributed by atoms with E-state index in [2.05, 4.69) is 9.98 Å². The van der Waals surface area contributed by atoms with Gasteiger partial charge in [0.15, 0.2) is 5.49 Å². The van der Waals surface area contributed by atoms with Crippen LogP contribution in [-0.2, 0) is 0 Å². The zero-order chi connectivity index (χ0) is 5.40. The van der Waals surface area contributed by atoms with E-state index in [0.29, 0.717) is 0 Å². The standard InChI is InChI=1S/C6H4N2/c1-2-5-4-8-6(5)7-3-1/h1-4H. The Hall–Kier alpha value is -1.18. The Morgan fingerprint density at radius 1 is 1.38 bits per heavy atom. The second-order valence-electron chi connectivity index (χ2n) is 1.67. The highest BCUT2D eigenvalue weighted by molar-refractivity contribution is 5.26. The van der Waals surface area contributed by atoms with Gasteiger partial charge < -0.3 is 0 Å². The molecule has 0 aromatic carbocycles. The first-order valence-electron chi connectivity index (χ1n) is 2.46. The van der Waals surface area contributed by atoms with Crippen molar-refractivity contribution in [3.8, 4) is 0 Å². The highest BCUT2D eigenvalue weighted by Gasteiger charge is 1.90. The highest BCUT2D eigenvalue weighted by Crippen LogP contribution is 1.74. The average molecular weight is 104 g/mol. The van der Waals surface area contributed by atoms with E-state index < -0.39 is 0 Å². The molecule has 0 aliphatic carbocycles. The van der Waals surface area contributed by atoms with Gasteiger partial charge in [0.25, 0.3) is 0 Å². The van der Waals surface area contributed by atoms with Crippen LogP contribution in [0.5, 0.6) is 0 Å². The molecule has 0 atom stereocenters. The number of hydrogen-bond donors (Lipinski definition) is 0. The Labute approximate surface area is 46.2 Å². The molecule has 0 bridgehead atoms. The zero-order valence-corrected chi connectivity index (χ0v) is 4.20. The van der Waals surface area contributed by atoms with E-state index in [1.165, 1.54) is 0 Å². The number of fused-ring (bicyclic) bond motifs is 1. The van der Waals surface area contributed by atoms with Crippen LogP contribution < -0.4 is 10.7 Å². The maximum absolute atomic E-state index is 3.97. The largest absolute Gasteiger partial charge is 0.237 e. The van der Waals surface area contributed by atoms with Gasteiger partial charge in [-0.05, 0) is 12.1 Å². The predicted octanol–water partition coefficient (Wildman–Crippen LogP) is -0.547. The molecule has 0 unspecified atom stereocenters. The van der Waals surface area contributed by atoms with Crippen LogP contribution in [0.4, 0.5) is 0 Å². The minimum absolute atomic E-state index is 0.868.